The number of aromatic nitrogens is 1. The molecule has 4 aromatic rings. The Morgan fingerprint density at radius 1 is 1.00 bits per heavy atom. The summed E-state index contributed by atoms with van der Waals surface area (Å²) in [5, 5.41) is 4.96. The molecule has 0 fully saturated rings. The summed E-state index contributed by atoms with van der Waals surface area (Å²) in [5.41, 5.74) is 4.36. The third-order valence-corrected chi connectivity index (χ3v) is 4.89. The van der Waals surface area contributed by atoms with Crippen LogP contribution in [0.4, 0.5) is 11.5 Å². The van der Waals surface area contributed by atoms with Crippen LogP contribution >= 0.6 is 11.6 Å². The van der Waals surface area contributed by atoms with E-state index in [4.69, 9.17) is 21.3 Å². The van der Waals surface area contributed by atoms with Crippen LogP contribution in [0.2, 0.25) is 5.02 Å². The van der Waals surface area contributed by atoms with Gasteiger partial charge in [0.05, 0.1) is 18.2 Å². The molecule has 0 bridgehead atoms. The third kappa shape index (κ3) is 4.39. The number of methoxy groups -OCH3 is 1. The van der Waals surface area contributed by atoms with E-state index in [1.165, 1.54) is 12.7 Å². The van der Waals surface area contributed by atoms with Gasteiger partial charge >= 0.3 is 5.97 Å². The SMILES string of the molecule is COC(=O)c1ccc2c(Cc3ccccc3)cc(Nc3cccc(Cl)c3)nc2c1. The average molecular weight is 403 g/mol. The van der Waals surface area contributed by atoms with Gasteiger partial charge in [0, 0.05) is 16.1 Å². The standard InChI is InChI=1S/C24H19ClN2O2/c1-29-24(28)17-10-11-21-18(12-16-6-3-2-4-7-16)14-23(27-22(21)13-17)26-20-9-5-8-19(25)15-20/h2-11,13-15H,12H2,1H3,(H,26,27). The van der Waals surface area contributed by atoms with E-state index in [0.717, 1.165) is 28.6 Å². The Labute approximate surface area is 174 Å². The minimum Gasteiger partial charge on any atom is -0.465 e. The molecule has 1 aromatic heterocycles. The number of nitrogens with one attached hydrogen (secondary N) is 1. The predicted octanol–water partition coefficient (Wildman–Crippen LogP) is 6.01. The second-order valence-electron chi connectivity index (χ2n) is 6.69. The minimum absolute atomic E-state index is 0.383. The lowest BCUT2D eigenvalue weighted by molar-refractivity contribution is 0.0601. The fraction of sp³-hybridized carbons (Fsp3) is 0.0833. The fourth-order valence-corrected chi connectivity index (χ4v) is 3.48. The average Bonchev–Trinajstić information content (AvgIpc) is 2.73. The maximum atomic E-state index is 12.0. The largest absolute Gasteiger partial charge is 0.465 e. The molecule has 0 aliphatic heterocycles. The molecule has 4 nitrogen and oxygen atoms in total. The van der Waals surface area contributed by atoms with Crippen molar-refractivity contribution in [3.63, 3.8) is 0 Å². The van der Waals surface area contributed by atoms with E-state index in [9.17, 15) is 4.79 Å². The Kier molecular flexibility index (Phi) is 5.45. The Morgan fingerprint density at radius 2 is 1.83 bits per heavy atom. The van der Waals surface area contributed by atoms with Crippen molar-refractivity contribution >= 4 is 40.0 Å². The van der Waals surface area contributed by atoms with E-state index in [0.29, 0.717) is 16.4 Å². The number of ether oxygens (including phenoxy) is 1. The summed E-state index contributed by atoms with van der Waals surface area (Å²) < 4.78 is 4.85. The zero-order chi connectivity index (χ0) is 20.2. The molecule has 0 amide bonds. The number of benzene rings is 3. The van der Waals surface area contributed by atoms with Crippen LogP contribution in [0.15, 0.2) is 78.9 Å². The zero-order valence-corrected chi connectivity index (χ0v) is 16.6. The van der Waals surface area contributed by atoms with Crippen molar-refractivity contribution < 1.29 is 9.53 Å². The lowest BCUT2D eigenvalue weighted by Gasteiger charge is -2.13. The molecule has 3 aromatic carbocycles. The molecule has 29 heavy (non-hydrogen) atoms. The molecule has 0 aliphatic rings. The fourth-order valence-electron chi connectivity index (χ4n) is 3.29. The van der Waals surface area contributed by atoms with Gasteiger partial charge in [0.1, 0.15) is 5.82 Å². The van der Waals surface area contributed by atoms with Crippen molar-refractivity contribution in [2.24, 2.45) is 0 Å². The van der Waals surface area contributed by atoms with Crippen LogP contribution in [0, 0.1) is 0 Å². The van der Waals surface area contributed by atoms with Gasteiger partial charge in [0.15, 0.2) is 0 Å². The summed E-state index contributed by atoms with van der Waals surface area (Å²) in [6, 6.07) is 25.2. The number of halogens is 1. The summed E-state index contributed by atoms with van der Waals surface area (Å²) >= 11 is 6.10. The summed E-state index contributed by atoms with van der Waals surface area (Å²) in [7, 11) is 1.37. The minimum atomic E-state index is -0.383. The highest BCUT2D eigenvalue weighted by atomic mass is 35.5. The van der Waals surface area contributed by atoms with E-state index in [2.05, 4.69) is 17.4 Å². The first-order valence-electron chi connectivity index (χ1n) is 9.21. The van der Waals surface area contributed by atoms with Crippen LogP contribution in [-0.2, 0) is 11.2 Å². The van der Waals surface area contributed by atoms with Crippen molar-refractivity contribution in [2.75, 3.05) is 12.4 Å². The third-order valence-electron chi connectivity index (χ3n) is 4.65. The van der Waals surface area contributed by atoms with Gasteiger partial charge in [-0.25, -0.2) is 9.78 Å². The molecule has 0 saturated heterocycles. The molecule has 1 N–H and O–H groups in total. The quantitative estimate of drug-likeness (QED) is 0.415. The molecule has 0 radical (unpaired) electrons. The molecule has 144 valence electrons. The highest BCUT2D eigenvalue weighted by Crippen LogP contribution is 2.27. The summed E-state index contributed by atoms with van der Waals surface area (Å²) in [6.07, 6.45) is 0.752. The van der Waals surface area contributed by atoms with Crippen molar-refractivity contribution in [3.8, 4) is 0 Å². The van der Waals surface area contributed by atoms with Crippen LogP contribution in [0.3, 0.4) is 0 Å². The number of pyridine rings is 1. The van der Waals surface area contributed by atoms with Crippen molar-refractivity contribution in [3.05, 3.63) is 101 Å². The van der Waals surface area contributed by atoms with Gasteiger partial charge in [-0.3, -0.25) is 0 Å². The number of carbonyl (C=O) groups excluding carboxylic acids is 1. The first-order chi connectivity index (χ1) is 14.1. The first kappa shape index (κ1) is 19.0. The summed E-state index contributed by atoms with van der Waals surface area (Å²) in [6.45, 7) is 0. The van der Waals surface area contributed by atoms with Gasteiger partial charge in [-0.1, -0.05) is 54.1 Å². The zero-order valence-electron chi connectivity index (χ0n) is 15.9. The first-order valence-corrected chi connectivity index (χ1v) is 9.59. The molecule has 0 aliphatic carbocycles. The van der Waals surface area contributed by atoms with Crippen molar-refractivity contribution in [1.29, 1.82) is 0 Å². The number of hydrogen-bond acceptors (Lipinski definition) is 4. The van der Waals surface area contributed by atoms with Gasteiger partial charge in [-0.05, 0) is 53.9 Å². The highest BCUT2D eigenvalue weighted by Gasteiger charge is 2.12. The van der Waals surface area contributed by atoms with E-state index < -0.39 is 0 Å². The number of hydrogen-bond donors (Lipinski definition) is 1. The van der Waals surface area contributed by atoms with Crippen LogP contribution in [0.5, 0.6) is 0 Å². The molecule has 5 heteroatoms. The lowest BCUT2D eigenvalue weighted by Crippen LogP contribution is -2.03. The van der Waals surface area contributed by atoms with Crippen LogP contribution < -0.4 is 5.32 Å². The number of esters is 1. The predicted molar refractivity (Wildman–Crippen MR) is 117 cm³/mol. The van der Waals surface area contributed by atoms with Gasteiger partial charge in [-0.15, -0.1) is 0 Å². The lowest BCUT2D eigenvalue weighted by atomic mass is 10.00. The van der Waals surface area contributed by atoms with Crippen LogP contribution in [0.25, 0.3) is 10.9 Å². The smallest absolute Gasteiger partial charge is 0.337 e. The molecule has 0 unspecified atom stereocenters. The number of anilines is 2. The molecular weight excluding hydrogens is 384 g/mol. The number of carbonyl (C=O) groups is 1. The van der Waals surface area contributed by atoms with Crippen LogP contribution in [-0.4, -0.2) is 18.1 Å². The number of rotatable bonds is 5. The Bertz CT molecular complexity index is 1180. The molecule has 0 atom stereocenters. The Balaban J connectivity index is 1.80. The topological polar surface area (TPSA) is 51.2 Å². The van der Waals surface area contributed by atoms with Gasteiger partial charge in [-0.2, -0.15) is 0 Å². The summed E-state index contributed by atoms with van der Waals surface area (Å²) in [4.78, 5) is 16.7. The van der Waals surface area contributed by atoms with E-state index in [-0.39, 0.29) is 5.97 Å². The van der Waals surface area contributed by atoms with Crippen LogP contribution in [0.1, 0.15) is 21.5 Å². The molecular formula is C24H19ClN2O2. The number of nitrogens with zero attached hydrogens (tertiary/aromatic N) is 1. The monoisotopic (exact) mass is 402 g/mol. The Hall–Kier alpha value is -3.37. The van der Waals surface area contributed by atoms with Crippen molar-refractivity contribution in [1.82, 2.24) is 4.98 Å². The van der Waals surface area contributed by atoms with E-state index in [1.54, 1.807) is 12.1 Å². The molecule has 0 spiro atoms. The number of fused-ring (bicyclic) bond motifs is 1. The molecule has 1 heterocycles. The maximum Gasteiger partial charge on any atom is 0.337 e. The van der Waals surface area contributed by atoms with Gasteiger partial charge in [0.25, 0.3) is 0 Å². The summed E-state index contributed by atoms with van der Waals surface area (Å²) in [5.74, 6) is 0.305. The highest BCUT2D eigenvalue weighted by molar-refractivity contribution is 6.30. The van der Waals surface area contributed by atoms with E-state index >= 15 is 0 Å². The van der Waals surface area contributed by atoms with E-state index in [1.807, 2.05) is 54.6 Å². The second-order valence-corrected chi connectivity index (χ2v) is 7.12. The molecule has 4 rings (SSSR count). The van der Waals surface area contributed by atoms with Gasteiger partial charge < -0.3 is 10.1 Å². The Morgan fingerprint density at radius 3 is 2.59 bits per heavy atom. The second kappa shape index (κ2) is 8.33. The van der Waals surface area contributed by atoms with Gasteiger partial charge in [0.2, 0.25) is 0 Å². The molecule has 0 saturated carbocycles. The van der Waals surface area contributed by atoms with Crippen molar-refractivity contribution in [2.45, 2.75) is 6.42 Å². The maximum absolute atomic E-state index is 12.0. The normalized spacial score (nSPS) is 10.7.